The van der Waals surface area contributed by atoms with Crippen LogP contribution in [0.15, 0.2) is 0 Å². The third-order valence-electron chi connectivity index (χ3n) is 8.14. The van der Waals surface area contributed by atoms with Gasteiger partial charge in [-0.05, 0) is 67.6 Å². The maximum atomic E-state index is 12.7. The van der Waals surface area contributed by atoms with Gasteiger partial charge in [0, 0.05) is 18.3 Å². The average Bonchev–Trinajstić information content (AvgIpc) is 2.85. The molecule has 130 valence electrons. The van der Waals surface area contributed by atoms with Gasteiger partial charge < -0.3 is 5.11 Å². The van der Waals surface area contributed by atoms with Crippen molar-refractivity contribution in [3.63, 3.8) is 0 Å². The monoisotopic (exact) mass is 320 g/mol. The Bertz CT molecular complexity index is 499. The average molecular weight is 320 g/mol. The molecule has 0 radical (unpaired) electrons. The van der Waals surface area contributed by atoms with Crippen LogP contribution in [-0.4, -0.2) is 16.9 Å². The lowest BCUT2D eigenvalue weighted by Crippen LogP contribution is -2.52. The Morgan fingerprint density at radius 3 is 2.57 bits per heavy atom. The maximum Gasteiger partial charge on any atom is 0.303 e. The van der Waals surface area contributed by atoms with Crippen molar-refractivity contribution in [2.24, 2.45) is 34.5 Å². The largest absolute Gasteiger partial charge is 0.481 e. The van der Waals surface area contributed by atoms with E-state index in [1.807, 2.05) is 0 Å². The highest BCUT2D eigenvalue weighted by Gasteiger charge is 2.58. The predicted molar refractivity (Wildman–Crippen MR) is 90.0 cm³/mol. The first-order valence-corrected chi connectivity index (χ1v) is 9.58. The van der Waals surface area contributed by atoms with E-state index in [1.165, 1.54) is 25.7 Å². The summed E-state index contributed by atoms with van der Waals surface area (Å²) in [6.07, 6.45) is 8.67. The molecule has 6 unspecified atom stereocenters. The van der Waals surface area contributed by atoms with Crippen LogP contribution in [0.25, 0.3) is 0 Å². The highest BCUT2D eigenvalue weighted by molar-refractivity contribution is 5.86. The molecular weight excluding hydrogens is 288 g/mol. The Hall–Kier alpha value is -0.860. The van der Waals surface area contributed by atoms with Crippen LogP contribution in [0.1, 0.15) is 78.6 Å². The van der Waals surface area contributed by atoms with Crippen LogP contribution in [0.2, 0.25) is 0 Å². The fourth-order valence-electron chi connectivity index (χ4n) is 6.74. The van der Waals surface area contributed by atoms with Gasteiger partial charge in [0.1, 0.15) is 5.78 Å². The molecule has 3 aliphatic carbocycles. The summed E-state index contributed by atoms with van der Waals surface area (Å²) in [5, 5.41) is 9.09. The number of hydrogen-bond donors (Lipinski definition) is 1. The van der Waals surface area contributed by atoms with Crippen LogP contribution in [0.4, 0.5) is 0 Å². The summed E-state index contributed by atoms with van der Waals surface area (Å²) < 4.78 is 0. The molecule has 3 fully saturated rings. The minimum Gasteiger partial charge on any atom is -0.481 e. The van der Waals surface area contributed by atoms with Crippen LogP contribution < -0.4 is 0 Å². The second kappa shape index (κ2) is 5.89. The van der Waals surface area contributed by atoms with Gasteiger partial charge in [0.15, 0.2) is 0 Å². The van der Waals surface area contributed by atoms with Gasteiger partial charge in [-0.1, -0.05) is 27.2 Å². The lowest BCUT2D eigenvalue weighted by molar-refractivity contribution is -0.148. The minimum absolute atomic E-state index is 0.130. The fraction of sp³-hybridized carbons (Fsp3) is 0.900. The second-order valence-corrected chi connectivity index (χ2v) is 8.88. The standard InChI is InChI=1S/C20H32O3/c1-4-13-5-7-15-14-6-8-17(21)20(3,12-10-18(22)23)16(14)9-11-19(13,15)2/h13-16H,4-12H2,1-3H3,(H,22,23). The highest BCUT2D eigenvalue weighted by Crippen LogP contribution is 2.64. The molecule has 0 saturated heterocycles. The van der Waals surface area contributed by atoms with Crippen molar-refractivity contribution >= 4 is 11.8 Å². The Morgan fingerprint density at radius 2 is 1.91 bits per heavy atom. The van der Waals surface area contributed by atoms with E-state index < -0.39 is 11.4 Å². The summed E-state index contributed by atoms with van der Waals surface area (Å²) in [5.74, 6) is 2.21. The summed E-state index contributed by atoms with van der Waals surface area (Å²) in [6.45, 7) is 6.90. The molecule has 0 spiro atoms. The first-order valence-electron chi connectivity index (χ1n) is 9.58. The summed E-state index contributed by atoms with van der Waals surface area (Å²) in [5.41, 5.74) is 0.0664. The molecule has 3 heteroatoms. The van der Waals surface area contributed by atoms with Crippen LogP contribution in [0.3, 0.4) is 0 Å². The van der Waals surface area contributed by atoms with Gasteiger partial charge in [-0.25, -0.2) is 0 Å². The SMILES string of the molecule is CCC1CCC2C3CCC(=O)C(C)(CCC(=O)O)C3CCC12C. The van der Waals surface area contributed by atoms with Crippen molar-refractivity contribution in [1.29, 1.82) is 0 Å². The Labute approximate surface area is 140 Å². The molecule has 3 rings (SSSR count). The number of carbonyl (C=O) groups is 2. The molecule has 1 N–H and O–H groups in total. The lowest BCUT2D eigenvalue weighted by Gasteiger charge is -2.56. The van der Waals surface area contributed by atoms with Crippen molar-refractivity contribution in [3.8, 4) is 0 Å². The third-order valence-corrected chi connectivity index (χ3v) is 8.14. The fourth-order valence-corrected chi connectivity index (χ4v) is 6.74. The van der Waals surface area contributed by atoms with Crippen molar-refractivity contribution in [2.75, 3.05) is 0 Å². The van der Waals surface area contributed by atoms with E-state index in [2.05, 4.69) is 20.8 Å². The first-order chi connectivity index (χ1) is 10.8. The zero-order valence-corrected chi connectivity index (χ0v) is 14.9. The molecule has 0 aliphatic heterocycles. The van der Waals surface area contributed by atoms with Gasteiger partial charge >= 0.3 is 5.97 Å². The number of hydrogen-bond acceptors (Lipinski definition) is 2. The Balaban J connectivity index is 1.85. The molecule has 0 aromatic carbocycles. The maximum absolute atomic E-state index is 12.7. The van der Waals surface area contributed by atoms with Crippen LogP contribution in [0, 0.1) is 34.5 Å². The van der Waals surface area contributed by atoms with Crippen LogP contribution in [0.5, 0.6) is 0 Å². The van der Waals surface area contributed by atoms with Gasteiger partial charge in [0.2, 0.25) is 0 Å². The topological polar surface area (TPSA) is 54.4 Å². The molecule has 3 nitrogen and oxygen atoms in total. The number of Topliss-reactive ketones (excluding diaryl/α,β-unsaturated/α-hetero) is 1. The number of carboxylic acids is 1. The molecule has 0 heterocycles. The van der Waals surface area contributed by atoms with Gasteiger partial charge in [-0.15, -0.1) is 0 Å². The number of carbonyl (C=O) groups excluding carboxylic acids is 1. The second-order valence-electron chi connectivity index (χ2n) is 8.88. The van der Waals surface area contributed by atoms with E-state index in [1.54, 1.807) is 0 Å². The zero-order valence-electron chi connectivity index (χ0n) is 14.9. The summed E-state index contributed by atoms with van der Waals surface area (Å²) in [6, 6.07) is 0. The van der Waals surface area contributed by atoms with Gasteiger partial charge in [0.25, 0.3) is 0 Å². The number of carboxylic acid groups (broad SMARTS) is 1. The molecule has 0 aromatic rings. The molecule has 23 heavy (non-hydrogen) atoms. The number of fused-ring (bicyclic) bond motifs is 3. The van der Waals surface area contributed by atoms with E-state index in [0.29, 0.717) is 35.9 Å². The van der Waals surface area contributed by atoms with Crippen molar-refractivity contribution in [3.05, 3.63) is 0 Å². The van der Waals surface area contributed by atoms with Gasteiger partial charge in [0.05, 0.1) is 0 Å². The first kappa shape index (κ1) is 17.0. The summed E-state index contributed by atoms with van der Waals surface area (Å²) >= 11 is 0. The third kappa shape index (κ3) is 2.55. The van der Waals surface area contributed by atoms with E-state index in [0.717, 1.165) is 24.7 Å². The molecule has 0 amide bonds. The number of aliphatic carboxylic acids is 1. The smallest absolute Gasteiger partial charge is 0.303 e. The number of rotatable bonds is 4. The highest BCUT2D eigenvalue weighted by atomic mass is 16.4. The molecule has 6 atom stereocenters. The van der Waals surface area contributed by atoms with Gasteiger partial charge in [-0.2, -0.15) is 0 Å². The number of ketones is 1. The lowest BCUT2D eigenvalue weighted by atomic mass is 9.48. The van der Waals surface area contributed by atoms with E-state index in [4.69, 9.17) is 5.11 Å². The van der Waals surface area contributed by atoms with E-state index in [9.17, 15) is 9.59 Å². The molecule has 3 saturated carbocycles. The van der Waals surface area contributed by atoms with Crippen LogP contribution in [-0.2, 0) is 9.59 Å². The zero-order chi connectivity index (χ0) is 16.8. The Morgan fingerprint density at radius 1 is 1.17 bits per heavy atom. The molecule has 3 aliphatic rings. The molecule has 0 bridgehead atoms. The van der Waals surface area contributed by atoms with E-state index in [-0.39, 0.29) is 6.42 Å². The Kier molecular flexibility index (Phi) is 4.35. The van der Waals surface area contributed by atoms with Crippen LogP contribution >= 0.6 is 0 Å². The molecule has 0 aromatic heterocycles. The van der Waals surface area contributed by atoms with Crippen molar-refractivity contribution in [1.82, 2.24) is 0 Å². The summed E-state index contributed by atoms with van der Waals surface area (Å²) in [4.78, 5) is 23.7. The van der Waals surface area contributed by atoms with Crippen molar-refractivity contribution in [2.45, 2.75) is 78.6 Å². The van der Waals surface area contributed by atoms with Crippen molar-refractivity contribution < 1.29 is 14.7 Å². The van der Waals surface area contributed by atoms with E-state index >= 15 is 0 Å². The minimum atomic E-state index is -0.770. The van der Waals surface area contributed by atoms with Gasteiger partial charge in [-0.3, -0.25) is 9.59 Å². The summed E-state index contributed by atoms with van der Waals surface area (Å²) in [7, 11) is 0. The quantitative estimate of drug-likeness (QED) is 0.817. The predicted octanol–water partition coefficient (Wildman–Crippen LogP) is 4.69. The normalized spacial score (nSPS) is 46.3. The molecular formula is C20H32O3.